The van der Waals surface area contributed by atoms with Crippen LogP contribution in [0.25, 0.3) is 0 Å². The van der Waals surface area contributed by atoms with Crippen LogP contribution < -0.4 is 0 Å². The molecule has 0 saturated carbocycles. The summed E-state index contributed by atoms with van der Waals surface area (Å²) in [6.45, 7) is 0. The number of nitrogens with zero attached hydrogens (tertiary/aromatic N) is 1. The van der Waals surface area contributed by atoms with Crippen LogP contribution in [0, 0.1) is 0 Å². The molecule has 16 heavy (non-hydrogen) atoms. The number of benzene rings is 1. The molecule has 0 aliphatic carbocycles. The van der Waals surface area contributed by atoms with Gasteiger partial charge in [-0.25, -0.2) is 0 Å². The maximum atomic E-state index is 12.0. The van der Waals surface area contributed by atoms with Gasteiger partial charge in [0.15, 0.2) is 0 Å². The molecule has 4 heteroatoms. The second kappa shape index (κ2) is 3.73. The molecule has 1 aromatic carbocycles. The molecule has 1 aliphatic rings. The van der Waals surface area contributed by atoms with Crippen molar-refractivity contribution in [1.29, 1.82) is 0 Å². The number of hydrogen-bond donors (Lipinski definition) is 0. The standard InChI is InChI=1S/C12H15GeNO2/c1-13(2,3)8-14-11(15)9-6-4-5-7-10(9)12(14)16/h4-7H,8H2,1-3H3. The minimum atomic E-state index is -1.95. The van der Waals surface area contributed by atoms with Crippen molar-refractivity contribution in [3.8, 4) is 0 Å². The Kier molecular flexibility index (Phi) is 2.66. The van der Waals surface area contributed by atoms with Gasteiger partial charge in [-0.05, 0) is 0 Å². The van der Waals surface area contributed by atoms with E-state index in [0.717, 1.165) is 0 Å². The summed E-state index contributed by atoms with van der Waals surface area (Å²) in [7, 11) is 0. The third-order valence-electron chi connectivity index (χ3n) is 2.51. The SMILES string of the molecule is [CH3][Ge]([CH3])([CH3])[CH2]N1C(=O)c2ccccc2C1=O. The van der Waals surface area contributed by atoms with Crippen LogP contribution in [-0.2, 0) is 0 Å². The Morgan fingerprint density at radius 1 is 1.00 bits per heavy atom. The Morgan fingerprint density at radius 3 is 1.81 bits per heavy atom. The quantitative estimate of drug-likeness (QED) is 0.614. The van der Waals surface area contributed by atoms with Crippen LogP contribution in [0.15, 0.2) is 24.3 Å². The number of imide groups is 1. The van der Waals surface area contributed by atoms with Gasteiger partial charge in [-0.2, -0.15) is 0 Å². The van der Waals surface area contributed by atoms with E-state index in [2.05, 4.69) is 17.3 Å². The van der Waals surface area contributed by atoms with Gasteiger partial charge in [0, 0.05) is 0 Å². The monoisotopic (exact) mass is 279 g/mol. The van der Waals surface area contributed by atoms with Crippen LogP contribution in [-0.4, -0.2) is 35.4 Å². The van der Waals surface area contributed by atoms with E-state index in [1.54, 1.807) is 24.3 Å². The summed E-state index contributed by atoms with van der Waals surface area (Å²) in [4.78, 5) is 25.5. The first-order valence-electron chi connectivity index (χ1n) is 5.35. The number of hydrogen-bond acceptors (Lipinski definition) is 2. The van der Waals surface area contributed by atoms with Gasteiger partial charge < -0.3 is 0 Å². The van der Waals surface area contributed by atoms with Crippen molar-refractivity contribution in [3.63, 3.8) is 0 Å². The van der Waals surface area contributed by atoms with Crippen LogP contribution in [0.1, 0.15) is 20.7 Å². The van der Waals surface area contributed by atoms with Gasteiger partial charge in [0.2, 0.25) is 0 Å². The van der Waals surface area contributed by atoms with E-state index in [1.807, 2.05) is 0 Å². The van der Waals surface area contributed by atoms with Gasteiger partial charge >= 0.3 is 97.6 Å². The van der Waals surface area contributed by atoms with Crippen molar-refractivity contribution in [2.24, 2.45) is 0 Å². The summed E-state index contributed by atoms with van der Waals surface area (Å²) < 4.78 is 0. The Morgan fingerprint density at radius 2 is 1.44 bits per heavy atom. The molecular weight excluding hydrogens is 263 g/mol. The average molecular weight is 278 g/mol. The topological polar surface area (TPSA) is 37.4 Å². The van der Waals surface area contributed by atoms with E-state index in [1.165, 1.54) is 4.90 Å². The minimum absolute atomic E-state index is 0.124. The number of carbonyl (C=O) groups is 2. The molecule has 0 fully saturated rings. The zero-order chi connectivity index (χ0) is 11.9. The first-order valence-corrected chi connectivity index (χ1v) is 13.1. The van der Waals surface area contributed by atoms with Gasteiger partial charge in [-0.3, -0.25) is 0 Å². The number of rotatable bonds is 2. The molecule has 0 N–H and O–H groups in total. The first-order chi connectivity index (χ1) is 7.40. The Balaban J connectivity index is 2.36. The van der Waals surface area contributed by atoms with Crippen molar-refractivity contribution in [3.05, 3.63) is 35.4 Å². The summed E-state index contributed by atoms with van der Waals surface area (Å²) in [6.07, 6.45) is 0. The number of amides is 2. The maximum absolute atomic E-state index is 12.0. The molecule has 1 aliphatic heterocycles. The molecule has 0 bridgehead atoms. The van der Waals surface area contributed by atoms with Crippen LogP contribution >= 0.6 is 0 Å². The van der Waals surface area contributed by atoms with E-state index >= 15 is 0 Å². The summed E-state index contributed by atoms with van der Waals surface area (Å²) in [5, 5.41) is 0.645. The summed E-state index contributed by atoms with van der Waals surface area (Å²) in [6, 6.07) is 7.05. The van der Waals surface area contributed by atoms with Gasteiger partial charge in [-0.15, -0.1) is 0 Å². The first kappa shape index (κ1) is 11.4. The van der Waals surface area contributed by atoms with Crippen LogP contribution in [0.2, 0.25) is 17.3 Å². The Labute approximate surface area is 97.8 Å². The van der Waals surface area contributed by atoms with E-state index in [-0.39, 0.29) is 11.8 Å². The third-order valence-corrected chi connectivity index (χ3v) is 5.16. The second-order valence-corrected chi connectivity index (χ2v) is 16.7. The summed E-state index contributed by atoms with van der Waals surface area (Å²) >= 11 is -1.95. The van der Waals surface area contributed by atoms with Gasteiger partial charge in [-0.1, -0.05) is 0 Å². The number of carbonyl (C=O) groups excluding carboxylic acids is 2. The molecule has 3 nitrogen and oxygen atoms in total. The normalized spacial score (nSPS) is 15.6. The average Bonchev–Trinajstić information content (AvgIpc) is 2.43. The van der Waals surface area contributed by atoms with E-state index in [4.69, 9.17) is 0 Å². The van der Waals surface area contributed by atoms with Crippen LogP contribution in [0.5, 0.6) is 0 Å². The predicted octanol–water partition coefficient (Wildman–Crippen LogP) is 2.16. The molecule has 2 rings (SSSR count). The third kappa shape index (κ3) is 1.91. The molecular formula is C12H15GeNO2. The van der Waals surface area contributed by atoms with E-state index in [0.29, 0.717) is 16.5 Å². The molecule has 2 amide bonds. The Hall–Kier alpha value is -1.10. The van der Waals surface area contributed by atoms with Gasteiger partial charge in [0.05, 0.1) is 0 Å². The summed E-state index contributed by atoms with van der Waals surface area (Å²) in [5.41, 5.74) is 1.11. The molecule has 0 saturated heterocycles. The van der Waals surface area contributed by atoms with Crippen molar-refractivity contribution in [1.82, 2.24) is 4.90 Å². The van der Waals surface area contributed by atoms with Crippen molar-refractivity contribution >= 4 is 25.1 Å². The fraction of sp³-hybridized carbons (Fsp3) is 0.333. The molecule has 1 heterocycles. The zero-order valence-electron chi connectivity index (χ0n) is 9.78. The van der Waals surface area contributed by atoms with Gasteiger partial charge in [0.1, 0.15) is 0 Å². The van der Waals surface area contributed by atoms with Crippen molar-refractivity contribution < 1.29 is 9.59 Å². The number of fused-ring (bicyclic) bond motifs is 1. The molecule has 0 spiro atoms. The molecule has 0 atom stereocenters. The molecule has 0 aromatic heterocycles. The predicted molar refractivity (Wildman–Crippen MR) is 65.2 cm³/mol. The molecule has 1 aromatic rings. The second-order valence-electron chi connectivity index (χ2n) is 5.30. The summed E-state index contributed by atoms with van der Waals surface area (Å²) in [5.74, 6) is 6.35. The fourth-order valence-corrected chi connectivity index (χ4v) is 4.45. The van der Waals surface area contributed by atoms with Crippen LogP contribution in [0.4, 0.5) is 0 Å². The van der Waals surface area contributed by atoms with Crippen LogP contribution in [0.3, 0.4) is 0 Å². The molecule has 84 valence electrons. The molecule has 0 unspecified atom stereocenters. The molecule has 0 radical (unpaired) electrons. The Bertz CT molecular complexity index is 427. The van der Waals surface area contributed by atoms with E-state index in [9.17, 15) is 9.59 Å². The van der Waals surface area contributed by atoms with E-state index < -0.39 is 13.3 Å². The zero-order valence-corrected chi connectivity index (χ0v) is 11.9. The van der Waals surface area contributed by atoms with Gasteiger partial charge in [0.25, 0.3) is 0 Å². The van der Waals surface area contributed by atoms with Crippen molar-refractivity contribution in [2.75, 3.05) is 5.38 Å². The van der Waals surface area contributed by atoms with Crippen molar-refractivity contribution in [2.45, 2.75) is 17.3 Å². The fourth-order valence-electron chi connectivity index (χ4n) is 1.86.